The largest absolute Gasteiger partial charge is 0.462 e. The van der Waals surface area contributed by atoms with Gasteiger partial charge in [-0.3, -0.25) is 19.8 Å². The van der Waals surface area contributed by atoms with Crippen LogP contribution in [0, 0.1) is 10.1 Å². The van der Waals surface area contributed by atoms with E-state index in [1.165, 1.54) is 35.6 Å². The molecule has 2 heterocycles. The summed E-state index contributed by atoms with van der Waals surface area (Å²) in [4.78, 5) is 38.9. The lowest BCUT2D eigenvalue weighted by molar-refractivity contribution is -0.384. The van der Waals surface area contributed by atoms with Gasteiger partial charge in [-0.2, -0.15) is 0 Å². The third-order valence-corrected chi connectivity index (χ3v) is 6.17. The average molecular weight is 444 g/mol. The van der Waals surface area contributed by atoms with Gasteiger partial charge < -0.3 is 10.1 Å². The van der Waals surface area contributed by atoms with E-state index < -0.39 is 16.8 Å². The first-order chi connectivity index (χ1) is 14.8. The number of anilines is 1. The summed E-state index contributed by atoms with van der Waals surface area (Å²) in [6, 6.07) is 6.39. The monoisotopic (exact) mass is 443 g/mol. The predicted octanol–water partition coefficient (Wildman–Crippen LogP) is 4.25. The second-order valence-corrected chi connectivity index (χ2v) is 8.52. The Bertz CT molecular complexity index is 1030. The average Bonchev–Trinajstić information content (AvgIpc) is 3.09. The number of amides is 1. The number of carbonyl (C=O) groups is 2. The van der Waals surface area contributed by atoms with E-state index >= 15 is 0 Å². The quantitative estimate of drug-likeness (QED) is 0.297. The molecule has 0 bridgehead atoms. The maximum Gasteiger partial charge on any atom is 0.341 e. The van der Waals surface area contributed by atoms with Crippen LogP contribution >= 0.6 is 11.3 Å². The zero-order valence-electron chi connectivity index (χ0n) is 17.7. The van der Waals surface area contributed by atoms with Crippen molar-refractivity contribution in [1.82, 2.24) is 4.90 Å². The molecule has 0 unspecified atom stereocenters. The summed E-state index contributed by atoms with van der Waals surface area (Å²) in [7, 11) is 0. The van der Waals surface area contributed by atoms with Crippen LogP contribution in [0.3, 0.4) is 0 Å². The topological polar surface area (TPSA) is 102 Å². The number of nitro benzene ring substituents is 1. The lowest BCUT2D eigenvalue weighted by Crippen LogP contribution is -2.35. The van der Waals surface area contributed by atoms with E-state index in [0.717, 1.165) is 30.0 Å². The van der Waals surface area contributed by atoms with Crippen LogP contribution in [0.1, 0.15) is 47.1 Å². The molecule has 0 aliphatic carbocycles. The minimum Gasteiger partial charge on any atom is -0.462 e. The van der Waals surface area contributed by atoms with E-state index in [-0.39, 0.29) is 12.3 Å². The number of benzene rings is 1. The van der Waals surface area contributed by atoms with Crippen LogP contribution in [0.5, 0.6) is 0 Å². The molecule has 0 saturated heterocycles. The molecule has 0 fully saturated rings. The number of esters is 1. The van der Waals surface area contributed by atoms with Crippen LogP contribution in [0.15, 0.2) is 30.3 Å². The van der Waals surface area contributed by atoms with E-state index in [1.54, 1.807) is 19.1 Å². The Morgan fingerprint density at radius 2 is 2.16 bits per heavy atom. The summed E-state index contributed by atoms with van der Waals surface area (Å²) in [5.74, 6) is -0.854. The molecule has 1 aliphatic heterocycles. The number of non-ortho nitro benzene ring substituents is 1. The molecule has 9 heteroatoms. The number of nitro groups is 1. The van der Waals surface area contributed by atoms with Gasteiger partial charge in [0, 0.05) is 42.2 Å². The van der Waals surface area contributed by atoms with Gasteiger partial charge in [-0.05, 0) is 44.4 Å². The Kier molecular flexibility index (Phi) is 7.19. The smallest absolute Gasteiger partial charge is 0.341 e. The Labute approximate surface area is 184 Å². The molecule has 164 valence electrons. The first-order valence-corrected chi connectivity index (χ1v) is 10.9. The summed E-state index contributed by atoms with van der Waals surface area (Å²) in [6.07, 6.45) is 3.52. The van der Waals surface area contributed by atoms with E-state index in [4.69, 9.17) is 4.74 Å². The highest BCUT2D eigenvalue weighted by molar-refractivity contribution is 7.17. The summed E-state index contributed by atoms with van der Waals surface area (Å²) in [6.45, 7) is 7.83. The van der Waals surface area contributed by atoms with Crippen molar-refractivity contribution in [3.05, 3.63) is 62.0 Å². The van der Waals surface area contributed by atoms with Crippen molar-refractivity contribution in [1.29, 1.82) is 0 Å². The standard InChI is InChI=1S/C22H25N3O5S/c1-4-30-22(27)20-17-10-11-24(14(2)3)13-18(17)31-21(20)23-19(26)9-8-15-6-5-7-16(12-15)25(28)29/h5-9,12,14H,4,10-11,13H2,1-3H3,(H,23,26). The predicted molar refractivity (Wildman–Crippen MR) is 120 cm³/mol. The third-order valence-electron chi connectivity index (χ3n) is 5.04. The summed E-state index contributed by atoms with van der Waals surface area (Å²) in [5.41, 5.74) is 1.86. The van der Waals surface area contributed by atoms with Gasteiger partial charge in [0.2, 0.25) is 5.91 Å². The molecule has 0 radical (unpaired) electrons. The number of hydrogen-bond donors (Lipinski definition) is 1. The fraction of sp³-hybridized carbons (Fsp3) is 0.364. The second-order valence-electron chi connectivity index (χ2n) is 7.42. The van der Waals surface area contributed by atoms with Gasteiger partial charge in [-0.1, -0.05) is 12.1 Å². The molecule has 1 aromatic heterocycles. The molecule has 0 saturated carbocycles. The number of nitrogens with zero attached hydrogens (tertiary/aromatic N) is 2. The number of rotatable bonds is 7. The van der Waals surface area contributed by atoms with Crippen molar-refractivity contribution in [3.8, 4) is 0 Å². The minimum absolute atomic E-state index is 0.0483. The van der Waals surface area contributed by atoms with Gasteiger partial charge in [-0.25, -0.2) is 4.79 Å². The molecular formula is C22H25N3O5S. The molecular weight excluding hydrogens is 418 g/mol. The number of nitrogens with one attached hydrogen (secondary N) is 1. The molecule has 31 heavy (non-hydrogen) atoms. The lowest BCUT2D eigenvalue weighted by atomic mass is 10.0. The number of fused-ring (bicyclic) bond motifs is 1. The zero-order valence-corrected chi connectivity index (χ0v) is 18.5. The van der Waals surface area contributed by atoms with E-state index in [9.17, 15) is 19.7 Å². The Morgan fingerprint density at radius 3 is 2.84 bits per heavy atom. The Morgan fingerprint density at radius 1 is 1.39 bits per heavy atom. The van der Waals surface area contributed by atoms with Crippen molar-refractivity contribution >= 4 is 40.0 Å². The molecule has 1 aromatic carbocycles. The molecule has 8 nitrogen and oxygen atoms in total. The van der Waals surface area contributed by atoms with Crippen molar-refractivity contribution in [2.45, 2.75) is 39.8 Å². The van der Waals surface area contributed by atoms with Crippen LogP contribution in [-0.4, -0.2) is 40.9 Å². The van der Waals surface area contributed by atoms with Gasteiger partial charge in [-0.15, -0.1) is 11.3 Å². The van der Waals surface area contributed by atoms with Gasteiger partial charge in [0.05, 0.1) is 17.1 Å². The molecule has 1 aliphatic rings. The highest BCUT2D eigenvalue weighted by atomic mass is 32.1. The zero-order chi connectivity index (χ0) is 22.5. The molecule has 0 atom stereocenters. The molecule has 3 rings (SSSR count). The maximum absolute atomic E-state index is 12.6. The molecule has 2 aromatic rings. The fourth-order valence-corrected chi connectivity index (χ4v) is 4.70. The highest BCUT2D eigenvalue weighted by Gasteiger charge is 2.30. The highest BCUT2D eigenvalue weighted by Crippen LogP contribution is 2.38. The lowest BCUT2D eigenvalue weighted by Gasteiger charge is -2.30. The minimum atomic E-state index is -0.486. The Balaban J connectivity index is 1.83. The molecule has 1 amide bonds. The van der Waals surface area contributed by atoms with Gasteiger partial charge in [0.25, 0.3) is 5.69 Å². The van der Waals surface area contributed by atoms with Crippen LogP contribution in [0.4, 0.5) is 10.7 Å². The van der Waals surface area contributed by atoms with Crippen molar-refractivity contribution in [3.63, 3.8) is 0 Å². The van der Waals surface area contributed by atoms with Crippen molar-refractivity contribution < 1.29 is 19.2 Å². The number of carbonyl (C=O) groups excluding carboxylic acids is 2. The molecule has 1 N–H and O–H groups in total. The van der Waals surface area contributed by atoms with Crippen LogP contribution < -0.4 is 5.32 Å². The van der Waals surface area contributed by atoms with Crippen LogP contribution in [-0.2, 0) is 22.5 Å². The maximum atomic E-state index is 12.6. The van der Waals surface area contributed by atoms with Crippen LogP contribution in [0.25, 0.3) is 6.08 Å². The normalized spacial score (nSPS) is 13.9. The van der Waals surface area contributed by atoms with E-state index in [0.29, 0.717) is 22.2 Å². The van der Waals surface area contributed by atoms with E-state index in [2.05, 4.69) is 24.1 Å². The van der Waals surface area contributed by atoms with Gasteiger partial charge >= 0.3 is 5.97 Å². The number of ether oxygens (including phenoxy) is 1. The third kappa shape index (κ3) is 5.36. The van der Waals surface area contributed by atoms with E-state index in [1.807, 2.05) is 0 Å². The second kappa shape index (κ2) is 9.84. The SMILES string of the molecule is CCOC(=O)c1c(NC(=O)C=Cc2cccc([N+](=O)[O-])c2)sc2c1CCN(C(C)C)C2. The van der Waals surface area contributed by atoms with Crippen molar-refractivity contribution in [2.75, 3.05) is 18.5 Å². The van der Waals surface area contributed by atoms with Gasteiger partial charge in [0.15, 0.2) is 0 Å². The number of thiophene rings is 1. The summed E-state index contributed by atoms with van der Waals surface area (Å²) >= 11 is 1.40. The van der Waals surface area contributed by atoms with Gasteiger partial charge in [0.1, 0.15) is 5.00 Å². The Hall–Kier alpha value is -3.04. The first kappa shape index (κ1) is 22.6. The van der Waals surface area contributed by atoms with Crippen LogP contribution in [0.2, 0.25) is 0 Å². The van der Waals surface area contributed by atoms with Crippen molar-refractivity contribution in [2.24, 2.45) is 0 Å². The number of hydrogen-bond acceptors (Lipinski definition) is 7. The summed E-state index contributed by atoms with van der Waals surface area (Å²) in [5, 5.41) is 14.2. The summed E-state index contributed by atoms with van der Waals surface area (Å²) < 4.78 is 5.23. The first-order valence-electron chi connectivity index (χ1n) is 10.1. The fourth-order valence-electron chi connectivity index (χ4n) is 3.44. The molecule has 0 spiro atoms.